The molecular formula is C28H38N4O3Si. The molecule has 7 nitrogen and oxygen atoms in total. The fourth-order valence-electron chi connectivity index (χ4n) is 5.00. The van der Waals surface area contributed by atoms with Crippen LogP contribution in [-0.2, 0) is 0 Å². The number of hydrogen-bond acceptors (Lipinski definition) is 6. The molecule has 0 unspecified atom stereocenters. The molecule has 2 heterocycles. The van der Waals surface area contributed by atoms with E-state index in [4.69, 9.17) is 9.84 Å². The standard InChI is InChI=1S/C28H38N4O3Si/c1-19(2)36(20(3)4,21(5)6)15-12-22-16-26(34)31-27-25(22)18-29-28(32-27)30-23-10-9-11-24(17-23)35-14-8-7-13-33/h9-11,16-21,33H,7-8,13-14H2,1-6H3,(H2,29,30,31,32,34). The maximum atomic E-state index is 12.5. The van der Waals surface area contributed by atoms with Crippen LogP contribution in [0.3, 0.4) is 0 Å². The van der Waals surface area contributed by atoms with Gasteiger partial charge in [0.1, 0.15) is 19.5 Å². The molecule has 0 spiro atoms. The maximum Gasteiger partial charge on any atom is 0.250 e. The van der Waals surface area contributed by atoms with Gasteiger partial charge < -0.3 is 20.1 Å². The third-order valence-corrected chi connectivity index (χ3v) is 13.1. The molecule has 0 radical (unpaired) electrons. The number of pyridine rings is 1. The third kappa shape index (κ3) is 6.34. The van der Waals surface area contributed by atoms with Gasteiger partial charge in [0.15, 0.2) is 0 Å². The molecule has 192 valence electrons. The van der Waals surface area contributed by atoms with Crippen LogP contribution in [0.4, 0.5) is 11.6 Å². The number of ether oxygens (including phenoxy) is 1. The average molecular weight is 507 g/mol. The van der Waals surface area contributed by atoms with Crippen LogP contribution in [0.25, 0.3) is 11.0 Å². The lowest BCUT2D eigenvalue weighted by Gasteiger charge is -2.38. The van der Waals surface area contributed by atoms with E-state index in [2.05, 4.69) is 73.3 Å². The molecule has 0 aliphatic carbocycles. The zero-order valence-electron chi connectivity index (χ0n) is 22.2. The lowest BCUT2D eigenvalue weighted by molar-refractivity contribution is 0.253. The highest BCUT2D eigenvalue weighted by Crippen LogP contribution is 2.40. The first kappa shape index (κ1) is 27.4. The van der Waals surface area contributed by atoms with Gasteiger partial charge in [-0.05, 0) is 41.6 Å². The molecule has 3 rings (SSSR count). The molecular weight excluding hydrogens is 468 g/mol. The van der Waals surface area contributed by atoms with Crippen molar-refractivity contribution in [3.05, 3.63) is 52.4 Å². The highest BCUT2D eigenvalue weighted by atomic mass is 28.3. The van der Waals surface area contributed by atoms with Crippen molar-refractivity contribution >= 4 is 30.7 Å². The summed E-state index contributed by atoms with van der Waals surface area (Å²) in [6.07, 6.45) is 3.21. The van der Waals surface area contributed by atoms with Gasteiger partial charge in [-0.1, -0.05) is 53.5 Å². The maximum absolute atomic E-state index is 12.5. The van der Waals surface area contributed by atoms with E-state index >= 15 is 0 Å². The number of aromatic nitrogens is 3. The molecule has 8 heteroatoms. The van der Waals surface area contributed by atoms with E-state index in [1.54, 1.807) is 12.3 Å². The number of aromatic amines is 1. The van der Waals surface area contributed by atoms with Gasteiger partial charge in [0.05, 0.1) is 12.0 Å². The number of hydrogen-bond donors (Lipinski definition) is 3. The Labute approximate surface area is 214 Å². The van der Waals surface area contributed by atoms with Crippen molar-refractivity contribution in [2.75, 3.05) is 18.5 Å². The molecule has 0 aliphatic heterocycles. The molecule has 36 heavy (non-hydrogen) atoms. The van der Waals surface area contributed by atoms with E-state index < -0.39 is 8.07 Å². The number of nitrogens with one attached hydrogen (secondary N) is 2. The number of unbranched alkanes of at least 4 members (excludes halogenated alkanes) is 1. The number of anilines is 2. The minimum absolute atomic E-state index is 0.162. The first-order valence-electron chi connectivity index (χ1n) is 12.7. The zero-order valence-corrected chi connectivity index (χ0v) is 23.2. The molecule has 0 fully saturated rings. The van der Waals surface area contributed by atoms with Gasteiger partial charge in [0, 0.05) is 36.2 Å². The molecule has 3 N–H and O–H groups in total. The van der Waals surface area contributed by atoms with Gasteiger partial charge in [0.2, 0.25) is 5.95 Å². The van der Waals surface area contributed by atoms with E-state index in [0.717, 1.165) is 23.2 Å². The second kappa shape index (κ2) is 12.2. The molecule has 0 bridgehead atoms. The lowest BCUT2D eigenvalue weighted by Crippen LogP contribution is -2.43. The topological polar surface area (TPSA) is 100 Å². The first-order valence-corrected chi connectivity index (χ1v) is 14.9. The van der Waals surface area contributed by atoms with Crippen molar-refractivity contribution in [3.8, 4) is 17.2 Å². The van der Waals surface area contributed by atoms with E-state index in [0.29, 0.717) is 46.8 Å². The Bertz CT molecular complexity index is 1270. The van der Waals surface area contributed by atoms with E-state index in [1.807, 2.05) is 24.3 Å². The quantitative estimate of drug-likeness (QED) is 0.183. The summed E-state index contributed by atoms with van der Waals surface area (Å²) >= 11 is 0. The van der Waals surface area contributed by atoms with Gasteiger partial charge in [0.25, 0.3) is 5.56 Å². The Morgan fingerprint density at radius 3 is 2.47 bits per heavy atom. The average Bonchev–Trinajstić information content (AvgIpc) is 2.81. The van der Waals surface area contributed by atoms with E-state index in [-0.39, 0.29) is 12.2 Å². The van der Waals surface area contributed by atoms with Crippen molar-refractivity contribution in [1.29, 1.82) is 0 Å². The summed E-state index contributed by atoms with van der Waals surface area (Å²) in [5.41, 5.74) is 6.84. The van der Waals surface area contributed by atoms with Gasteiger partial charge in [-0.2, -0.15) is 4.98 Å². The second-order valence-corrected chi connectivity index (χ2v) is 15.7. The van der Waals surface area contributed by atoms with Crippen LogP contribution in [0.5, 0.6) is 5.75 Å². The Morgan fingerprint density at radius 1 is 1.08 bits per heavy atom. The summed E-state index contributed by atoms with van der Waals surface area (Å²) in [5.74, 6) is 4.47. The van der Waals surface area contributed by atoms with Crippen LogP contribution in [-0.4, -0.2) is 41.3 Å². The Kier molecular flexibility index (Phi) is 9.29. The number of H-pyrrole nitrogens is 1. The van der Waals surface area contributed by atoms with Crippen molar-refractivity contribution in [2.24, 2.45) is 0 Å². The number of rotatable bonds is 10. The van der Waals surface area contributed by atoms with Crippen LogP contribution in [0.15, 0.2) is 41.3 Å². The minimum atomic E-state index is -1.95. The minimum Gasteiger partial charge on any atom is -0.494 e. The molecule has 1 aromatic carbocycles. The van der Waals surface area contributed by atoms with Crippen LogP contribution in [0, 0.1) is 11.5 Å². The summed E-state index contributed by atoms with van der Waals surface area (Å²) in [5, 5.41) is 12.8. The Morgan fingerprint density at radius 2 is 1.81 bits per heavy atom. The molecule has 0 atom stereocenters. The zero-order chi connectivity index (χ0) is 26.3. The largest absolute Gasteiger partial charge is 0.494 e. The fourth-order valence-corrected chi connectivity index (χ4v) is 10.2. The summed E-state index contributed by atoms with van der Waals surface area (Å²) in [6, 6.07) is 9.07. The summed E-state index contributed by atoms with van der Waals surface area (Å²) in [7, 11) is -1.95. The van der Waals surface area contributed by atoms with Gasteiger partial charge >= 0.3 is 0 Å². The number of benzene rings is 1. The molecule has 2 aromatic heterocycles. The highest BCUT2D eigenvalue weighted by molar-refractivity contribution is 6.90. The van der Waals surface area contributed by atoms with E-state index in [1.165, 1.54) is 0 Å². The van der Waals surface area contributed by atoms with Crippen molar-refractivity contribution in [2.45, 2.75) is 71.0 Å². The first-order chi connectivity index (χ1) is 17.2. The van der Waals surface area contributed by atoms with Crippen LogP contribution in [0.2, 0.25) is 16.6 Å². The Balaban J connectivity index is 1.91. The molecule has 0 saturated heterocycles. The monoisotopic (exact) mass is 506 g/mol. The number of aliphatic hydroxyl groups is 1. The fraction of sp³-hybridized carbons (Fsp3) is 0.464. The number of aliphatic hydroxyl groups excluding tert-OH is 1. The lowest BCUT2D eigenvalue weighted by atomic mass is 10.2. The smallest absolute Gasteiger partial charge is 0.250 e. The molecule has 0 saturated carbocycles. The van der Waals surface area contributed by atoms with Crippen LogP contribution >= 0.6 is 0 Å². The van der Waals surface area contributed by atoms with Crippen molar-refractivity contribution < 1.29 is 9.84 Å². The van der Waals surface area contributed by atoms with Gasteiger partial charge in [-0.3, -0.25) is 4.79 Å². The Hall–Kier alpha value is -3.15. The van der Waals surface area contributed by atoms with Crippen molar-refractivity contribution in [3.63, 3.8) is 0 Å². The van der Waals surface area contributed by atoms with Crippen LogP contribution < -0.4 is 15.6 Å². The third-order valence-electron chi connectivity index (χ3n) is 6.79. The molecule has 0 aliphatic rings. The molecule has 3 aromatic rings. The summed E-state index contributed by atoms with van der Waals surface area (Å²) in [4.78, 5) is 24.3. The summed E-state index contributed by atoms with van der Waals surface area (Å²) in [6.45, 7) is 14.3. The normalized spacial score (nSPS) is 11.7. The predicted molar refractivity (Wildman–Crippen MR) is 150 cm³/mol. The summed E-state index contributed by atoms with van der Waals surface area (Å²) < 4.78 is 5.74. The predicted octanol–water partition coefficient (Wildman–Crippen LogP) is 5.78. The van der Waals surface area contributed by atoms with E-state index in [9.17, 15) is 4.79 Å². The number of nitrogens with zero attached hydrogens (tertiary/aromatic N) is 2. The van der Waals surface area contributed by atoms with Gasteiger partial charge in [-0.15, -0.1) is 5.54 Å². The molecule has 0 amide bonds. The van der Waals surface area contributed by atoms with Crippen molar-refractivity contribution in [1.82, 2.24) is 15.0 Å². The SMILES string of the molecule is CC(C)[Si](C#Cc1cc(=O)[nH]c2nc(Nc3cccc(OCCCCO)c3)ncc12)(C(C)C)C(C)C. The highest BCUT2D eigenvalue weighted by Gasteiger charge is 2.41. The van der Waals surface area contributed by atoms with Gasteiger partial charge in [-0.25, -0.2) is 4.98 Å². The number of fused-ring (bicyclic) bond motifs is 1. The van der Waals surface area contributed by atoms with Crippen LogP contribution in [0.1, 0.15) is 59.9 Å². The second-order valence-electron chi connectivity index (χ2n) is 10.1.